The van der Waals surface area contributed by atoms with Crippen LogP contribution in [-0.4, -0.2) is 17.9 Å². The van der Waals surface area contributed by atoms with E-state index < -0.39 is 0 Å². The maximum atomic E-state index is 11.9. The quantitative estimate of drug-likeness (QED) is 0.317. The predicted octanol–water partition coefficient (Wildman–Crippen LogP) is 5.42. The number of hydrogen-bond acceptors (Lipinski definition) is 4. The zero-order valence-electron chi connectivity index (χ0n) is 15.7. The number of carbonyl (C=O) groups excluding carboxylic acids is 1. The van der Waals surface area contributed by atoms with Crippen molar-refractivity contribution in [3.05, 3.63) is 90.0 Å². The minimum atomic E-state index is -0.0973. The van der Waals surface area contributed by atoms with Gasteiger partial charge in [0.25, 0.3) is 0 Å². The maximum absolute atomic E-state index is 11.9. The van der Waals surface area contributed by atoms with E-state index in [0.29, 0.717) is 6.42 Å². The molecule has 0 fully saturated rings. The van der Waals surface area contributed by atoms with Gasteiger partial charge in [0.05, 0.1) is 6.21 Å². The summed E-state index contributed by atoms with van der Waals surface area (Å²) < 4.78 is 5.75. The molecule has 0 saturated carbocycles. The maximum Gasteiger partial charge on any atom is 0.240 e. The fourth-order valence-electron chi connectivity index (χ4n) is 2.38. The Morgan fingerprint density at radius 2 is 1.64 bits per heavy atom. The number of nitrogens with one attached hydrogen (secondary N) is 1. The number of rotatable bonds is 8. The van der Waals surface area contributed by atoms with Crippen LogP contribution in [0.25, 0.3) is 0 Å². The first-order chi connectivity index (χ1) is 13.7. The van der Waals surface area contributed by atoms with E-state index in [4.69, 9.17) is 4.74 Å². The minimum absolute atomic E-state index is 0.0973. The van der Waals surface area contributed by atoms with Crippen LogP contribution in [0.15, 0.2) is 88.9 Å². The van der Waals surface area contributed by atoms with E-state index in [9.17, 15) is 4.79 Å². The Bertz CT molecular complexity index is 908. The van der Waals surface area contributed by atoms with E-state index in [1.807, 2.05) is 54.6 Å². The molecule has 28 heavy (non-hydrogen) atoms. The number of amides is 1. The van der Waals surface area contributed by atoms with Crippen LogP contribution in [0.1, 0.15) is 17.5 Å². The van der Waals surface area contributed by atoms with Crippen LogP contribution in [0.3, 0.4) is 0 Å². The second-order valence-corrected chi connectivity index (χ2v) is 7.36. The smallest absolute Gasteiger partial charge is 0.240 e. The molecule has 1 N–H and O–H groups in total. The molecule has 0 bridgehead atoms. The average molecular weight is 391 g/mol. The van der Waals surface area contributed by atoms with Gasteiger partial charge in [-0.1, -0.05) is 35.9 Å². The summed E-state index contributed by atoms with van der Waals surface area (Å²) in [4.78, 5) is 13.0. The van der Waals surface area contributed by atoms with Gasteiger partial charge in [-0.15, -0.1) is 11.8 Å². The fourth-order valence-corrected chi connectivity index (χ4v) is 3.23. The van der Waals surface area contributed by atoms with Gasteiger partial charge in [-0.3, -0.25) is 4.79 Å². The summed E-state index contributed by atoms with van der Waals surface area (Å²) in [5.74, 6) is 2.16. The Kier molecular flexibility index (Phi) is 7.27. The van der Waals surface area contributed by atoms with Crippen molar-refractivity contribution in [2.24, 2.45) is 5.10 Å². The number of hydrogen-bond donors (Lipinski definition) is 1. The lowest BCUT2D eigenvalue weighted by Gasteiger charge is -2.05. The van der Waals surface area contributed by atoms with Crippen LogP contribution >= 0.6 is 11.8 Å². The van der Waals surface area contributed by atoms with Gasteiger partial charge in [-0.05, 0) is 61.0 Å². The van der Waals surface area contributed by atoms with E-state index in [1.54, 1.807) is 18.0 Å². The molecule has 142 valence electrons. The topological polar surface area (TPSA) is 50.7 Å². The van der Waals surface area contributed by atoms with Gasteiger partial charge in [0.15, 0.2) is 0 Å². The summed E-state index contributed by atoms with van der Waals surface area (Å²) in [6.07, 6.45) is 2.04. The van der Waals surface area contributed by atoms with Crippen molar-refractivity contribution in [3.63, 3.8) is 0 Å². The lowest BCUT2D eigenvalue weighted by Crippen LogP contribution is -2.17. The van der Waals surface area contributed by atoms with E-state index >= 15 is 0 Å². The Hall–Kier alpha value is -3.05. The third-order valence-corrected chi connectivity index (χ3v) is 4.89. The van der Waals surface area contributed by atoms with E-state index in [2.05, 4.69) is 41.7 Å². The molecule has 0 saturated heterocycles. The van der Waals surface area contributed by atoms with E-state index in [-0.39, 0.29) is 5.91 Å². The highest BCUT2D eigenvalue weighted by Gasteiger charge is 2.01. The number of nitrogens with zero attached hydrogens (tertiary/aromatic N) is 1. The van der Waals surface area contributed by atoms with Crippen molar-refractivity contribution < 1.29 is 9.53 Å². The first kappa shape index (κ1) is 19.7. The molecule has 0 aromatic heterocycles. The molecule has 0 spiro atoms. The van der Waals surface area contributed by atoms with Crippen molar-refractivity contribution in [1.82, 2.24) is 5.43 Å². The Balaban J connectivity index is 1.40. The highest BCUT2D eigenvalue weighted by atomic mass is 32.2. The van der Waals surface area contributed by atoms with Gasteiger partial charge >= 0.3 is 0 Å². The number of aryl methyl sites for hydroxylation is 1. The first-order valence-electron chi connectivity index (χ1n) is 9.03. The molecule has 4 nitrogen and oxygen atoms in total. The van der Waals surface area contributed by atoms with Crippen LogP contribution in [0.2, 0.25) is 0 Å². The van der Waals surface area contributed by atoms with E-state index in [1.165, 1.54) is 10.5 Å². The molecule has 0 radical (unpaired) electrons. The van der Waals surface area contributed by atoms with Crippen LogP contribution < -0.4 is 10.2 Å². The number of hydrazone groups is 1. The number of ether oxygens (including phenoxy) is 1. The number of carbonyl (C=O) groups is 1. The van der Waals surface area contributed by atoms with Gasteiger partial charge in [0.2, 0.25) is 5.91 Å². The molecule has 5 heteroatoms. The largest absolute Gasteiger partial charge is 0.457 e. The summed E-state index contributed by atoms with van der Waals surface area (Å²) in [7, 11) is 0. The molecule has 0 heterocycles. The highest BCUT2D eigenvalue weighted by Crippen LogP contribution is 2.21. The molecule has 1 amide bonds. The molecule has 0 aliphatic carbocycles. The zero-order chi connectivity index (χ0) is 19.6. The van der Waals surface area contributed by atoms with Gasteiger partial charge in [-0.2, -0.15) is 5.10 Å². The monoisotopic (exact) mass is 390 g/mol. The molecule has 3 rings (SSSR count). The molecule has 3 aromatic carbocycles. The van der Waals surface area contributed by atoms with Crippen LogP contribution in [0.5, 0.6) is 11.5 Å². The van der Waals surface area contributed by atoms with Crippen molar-refractivity contribution in [2.75, 3.05) is 5.75 Å². The number of thioether (sulfide) groups is 1. The standard InChI is InChI=1S/C23H22N2O2S/c1-18-7-13-22(14-8-18)28-16-15-23(26)25-24-17-19-9-11-21(12-10-19)27-20-5-3-2-4-6-20/h2-14,17H,15-16H2,1H3,(H,25,26)/b24-17-. The Labute approximate surface area is 169 Å². The van der Waals surface area contributed by atoms with Gasteiger partial charge < -0.3 is 4.74 Å². The predicted molar refractivity (Wildman–Crippen MR) is 115 cm³/mol. The molecule has 0 unspecified atom stereocenters. The summed E-state index contributed by atoms with van der Waals surface area (Å²) >= 11 is 1.66. The summed E-state index contributed by atoms with van der Waals surface area (Å²) in [5.41, 5.74) is 4.68. The molecule has 0 aliphatic heterocycles. The minimum Gasteiger partial charge on any atom is -0.457 e. The van der Waals surface area contributed by atoms with Gasteiger partial charge in [0.1, 0.15) is 11.5 Å². The Morgan fingerprint density at radius 1 is 0.964 bits per heavy atom. The molecule has 3 aromatic rings. The fraction of sp³-hybridized carbons (Fsp3) is 0.130. The van der Waals surface area contributed by atoms with Gasteiger partial charge in [0, 0.05) is 17.1 Å². The molecular formula is C23H22N2O2S. The second-order valence-electron chi connectivity index (χ2n) is 6.19. The third kappa shape index (κ3) is 6.59. The normalized spacial score (nSPS) is 10.8. The lowest BCUT2D eigenvalue weighted by atomic mass is 10.2. The second kappa shape index (κ2) is 10.3. The average Bonchev–Trinajstić information content (AvgIpc) is 2.72. The van der Waals surface area contributed by atoms with Crippen LogP contribution in [0, 0.1) is 6.92 Å². The highest BCUT2D eigenvalue weighted by molar-refractivity contribution is 7.99. The number of para-hydroxylation sites is 1. The lowest BCUT2D eigenvalue weighted by molar-refractivity contribution is -0.120. The summed E-state index contributed by atoms with van der Waals surface area (Å²) in [6.45, 7) is 2.06. The van der Waals surface area contributed by atoms with Gasteiger partial charge in [-0.25, -0.2) is 5.43 Å². The van der Waals surface area contributed by atoms with Crippen molar-refractivity contribution in [3.8, 4) is 11.5 Å². The number of benzene rings is 3. The molecular weight excluding hydrogens is 368 g/mol. The van der Waals surface area contributed by atoms with Crippen LogP contribution in [-0.2, 0) is 4.79 Å². The molecule has 0 atom stereocenters. The molecule has 0 aliphatic rings. The first-order valence-corrected chi connectivity index (χ1v) is 10.0. The zero-order valence-corrected chi connectivity index (χ0v) is 16.5. The van der Waals surface area contributed by atoms with Crippen molar-refractivity contribution in [1.29, 1.82) is 0 Å². The van der Waals surface area contributed by atoms with Crippen LogP contribution in [0.4, 0.5) is 0 Å². The SMILES string of the molecule is Cc1ccc(SCCC(=O)N/N=C\c2ccc(Oc3ccccc3)cc2)cc1. The third-order valence-electron chi connectivity index (χ3n) is 3.88. The summed E-state index contributed by atoms with van der Waals surface area (Å²) in [6, 6.07) is 25.4. The van der Waals surface area contributed by atoms with E-state index in [0.717, 1.165) is 22.8 Å². The van der Waals surface area contributed by atoms with Crippen molar-refractivity contribution >= 4 is 23.9 Å². The van der Waals surface area contributed by atoms with Crippen molar-refractivity contribution in [2.45, 2.75) is 18.2 Å². The summed E-state index contributed by atoms with van der Waals surface area (Å²) in [5, 5.41) is 4.02. The Morgan fingerprint density at radius 3 is 2.36 bits per heavy atom.